The Labute approximate surface area is 166 Å². The quantitative estimate of drug-likeness (QED) is 0.787. The van der Waals surface area contributed by atoms with Crippen molar-refractivity contribution < 1.29 is 27.9 Å². The second-order valence-electron chi connectivity index (χ2n) is 8.01. The van der Waals surface area contributed by atoms with E-state index in [0.717, 1.165) is 12.1 Å². The highest BCUT2D eigenvalue weighted by Gasteiger charge is 2.48. The van der Waals surface area contributed by atoms with E-state index in [1.807, 2.05) is 20.8 Å². The van der Waals surface area contributed by atoms with Crippen LogP contribution in [0.1, 0.15) is 32.8 Å². The number of alkyl halides is 3. The van der Waals surface area contributed by atoms with Crippen molar-refractivity contribution in [1.29, 1.82) is 0 Å². The van der Waals surface area contributed by atoms with E-state index in [9.17, 15) is 18.3 Å². The lowest BCUT2D eigenvalue weighted by Crippen LogP contribution is -2.53. The Morgan fingerprint density at radius 2 is 1.90 bits per heavy atom. The average molecular weight is 412 g/mol. The van der Waals surface area contributed by atoms with Gasteiger partial charge in [-0.1, -0.05) is 25.9 Å². The van der Waals surface area contributed by atoms with Crippen molar-refractivity contribution in [2.45, 2.75) is 51.6 Å². The molecule has 29 heavy (non-hydrogen) atoms. The predicted molar refractivity (Wildman–Crippen MR) is 98.3 cm³/mol. The molecule has 2 heterocycles. The van der Waals surface area contributed by atoms with E-state index in [4.69, 9.17) is 9.57 Å². The molecule has 0 saturated carbocycles. The van der Waals surface area contributed by atoms with E-state index in [-0.39, 0.29) is 13.2 Å². The number of nitrogens with zero attached hydrogens (tertiary/aromatic N) is 4. The Balaban J connectivity index is 1.62. The maximum Gasteiger partial charge on any atom is 0.416 e. The zero-order chi connectivity index (χ0) is 21.3. The molecule has 158 valence electrons. The van der Waals surface area contributed by atoms with Gasteiger partial charge in [0.2, 0.25) is 0 Å². The van der Waals surface area contributed by atoms with E-state index in [1.54, 1.807) is 0 Å². The molecule has 3 rings (SSSR count). The first kappa shape index (κ1) is 21.1. The van der Waals surface area contributed by atoms with E-state index >= 15 is 0 Å². The molecular formula is C19H23F3N4O3. The first-order chi connectivity index (χ1) is 13.5. The van der Waals surface area contributed by atoms with Crippen LogP contribution >= 0.6 is 0 Å². The molecule has 0 bridgehead atoms. The molecule has 0 radical (unpaired) electrons. The molecule has 2 aromatic rings. The van der Waals surface area contributed by atoms with Crippen LogP contribution in [-0.4, -0.2) is 43.9 Å². The van der Waals surface area contributed by atoms with Gasteiger partial charge in [0.05, 0.1) is 17.8 Å². The Kier molecular flexibility index (Phi) is 5.57. The summed E-state index contributed by atoms with van der Waals surface area (Å²) in [6.45, 7) is 5.91. The van der Waals surface area contributed by atoms with E-state index in [2.05, 4.69) is 15.2 Å². The van der Waals surface area contributed by atoms with Crippen LogP contribution in [0.4, 0.5) is 13.2 Å². The summed E-state index contributed by atoms with van der Waals surface area (Å²) < 4.78 is 44.9. The molecule has 0 saturated heterocycles. The lowest BCUT2D eigenvalue weighted by atomic mass is 9.72. The standard InChI is InChI=1S/C19H23F3N4O3/c1-17(2,3)18(27,10-26-12-23-11-24-26)16-8-15(29-25-16)9-28-14-6-4-13(5-7-14)19(20,21)22/h4-7,11-12,15,27H,8-10H2,1-3H3. The van der Waals surface area contributed by atoms with Crippen LogP contribution in [0.5, 0.6) is 5.75 Å². The molecule has 2 unspecified atom stereocenters. The van der Waals surface area contributed by atoms with Gasteiger partial charge in [0, 0.05) is 6.42 Å². The zero-order valence-corrected chi connectivity index (χ0v) is 16.3. The van der Waals surface area contributed by atoms with Crippen molar-refractivity contribution in [3.05, 3.63) is 42.5 Å². The Bertz CT molecular complexity index is 845. The highest BCUT2D eigenvalue weighted by molar-refractivity contribution is 5.94. The number of halogens is 3. The Morgan fingerprint density at radius 1 is 1.21 bits per heavy atom. The minimum absolute atomic E-state index is 0.0852. The first-order valence-electron chi connectivity index (χ1n) is 9.07. The van der Waals surface area contributed by atoms with E-state index in [1.165, 1.54) is 29.5 Å². The van der Waals surface area contributed by atoms with Crippen LogP contribution in [-0.2, 0) is 17.6 Å². The van der Waals surface area contributed by atoms with Gasteiger partial charge in [0.25, 0.3) is 0 Å². The molecule has 0 fully saturated rings. The lowest BCUT2D eigenvalue weighted by molar-refractivity contribution is -0.137. The molecule has 1 aromatic carbocycles. The molecule has 10 heteroatoms. The Morgan fingerprint density at radius 3 is 2.45 bits per heavy atom. The number of benzene rings is 1. The third-order valence-corrected chi connectivity index (χ3v) is 4.93. The SMILES string of the molecule is CC(C)(C)C(O)(Cn1cncn1)C1=NOC(COc2ccc(C(F)(F)F)cc2)C1. The van der Waals surface area contributed by atoms with Crippen molar-refractivity contribution in [2.24, 2.45) is 10.6 Å². The van der Waals surface area contributed by atoms with Crippen LogP contribution in [0.3, 0.4) is 0 Å². The molecular weight excluding hydrogens is 389 g/mol. The van der Waals surface area contributed by atoms with Gasteiger partial charge in [0.1, 0.15) is 30.6 Å². The number of rotatable bonds is 6. The number of hydrogen-bond donors (Lipinski definition) is 1. The Hall–Kier alpha value is -2.62. The van der Waals surface area contributed by atoms with Crippen molar-refractivity contribution >= 4 is 5.71 Å². The first-order valence-corrected chi connectivity index (χ1v) is 9.07. The maximum atomic E-state index is 12.6. The molecule has 0 spiro atoms. The smallest absolute Gasteiger partial charge is 0.416 e. The van der Waals surface area contributed by atoms with E-state index in [0.29, 0.717) is 17.9 Å². The summed E-state index contributed by atoms with van der Waals surface area (Å²) in [6.07, 6.45) is -1.63. The fourth-order valence-corrected chi connectivity index (χ4v) is 3.00. The van der Waals surface area contributed by atoms with Crippen LogP contribution in [0.25, 0.3) is 0 Å². The molecule has 1 N–H and O–H groups in total. The number of aromatic nitrogens is 3. The predicted octanol–water partition coefficient (Wildman–Crippen LogP) is 3.30. The second kappa shape index (κ2) is 7.66. The van der Waals surface area contributed by atoms with Crippen molar-refractivity contribution in [3.63, 3.8) is 0 Å². The van der Waals surface area contributed by atoms with Gasteiger partial charge in [-0.3, -0.25) is 0 Å². The highest BCUT2D eigenvalue weighted by Crippen LogP contribution is 2.37. The minimum Gasteiger partial charge on any atom is -0.490 e. The van der Waals surface area contributed by atoms with Gasteiger partial charge < -0.3 is 14.7 Å². The molecule has 7 nitrogen and oxygen atoms in total. The molecule has 0 amide bonds. The minimum atomic E-state index is -4.39. The van der Waals surface area contributed by atoms with Crippen molar-refractivity contribution in [2.75, 3.05) is 6.61 Å². The highest BCUT2D eigenvalue weighted by atomic mass is 19.4. The summed E-state index contributed by atoms with van der Waals surface area (Å²) in [5, 5.41) is 19.5. The fraction of sp³-hybridized carbons (Fsp3) is 0.526. The summed E-state index contributed by atoms with van der Waals surface area (Å²) >= 11 is 0. The van der Waals surface area contributed by atoms with Crippen molar-refractivity contribution in [1.82, 2.24) is 14.8 Å². The summed E-state index contributed by atoms with van der Waals surface area (Å²) in [5.74, 6) is 0.295. The van der Waals surface area contributed by atoms with Gasteiger partial charge >= 0.3 is 6.18 Å². The second-order valence-corrected chi connectivity index (χ2v) is 8.01. The van der Waals surface area contributed by atoms with Crippen molar-refractivity contribution in [3.8, 4) is 5.75 Å². The summed E-state index contributed by atoms with van der Waals surface area (Å²) in [5.41, 5.74) is -2.17. The molecule has 1 aliphatic rings. The summed E-state index contributed by atoms with van der Waals surface area (Å²) in [4.78, 5) is 9.30. The molecule has 1 aromatic heterocycles. The zero-order valence-electron chi connectivity index (χ0n) is 16.3. The van der Waals surface area contributed by atoms with Crippen LogP contribution in [0, 0.1) is 5.41 Å². The van der Waals surface area contributed by atoms with Gasteiger partial charge in [0.15, 0.2) is 6.10 Å². The van der Waals surface area contributed by atoms with Gasteiger partial charge in [-0.15, -0.1) is 0 Å². The maximum absolute atomic E-state index is 12.6. The largest absolute Gasteiger partial charge is 0.490 e. The van der Waals surface area contributed by atoms with Gasteiger partial charge in [-0.25, -0.2) is 9.67 Å². The number of aliphatic hydroxyl groups is 1. The lowest BCUT2D eigenvalue weighted by Gasteiger charge is -2.39. The van der Waals surface area contributed by atoms with Gasteiger partial charge in [-0.2, -0.15) is 18.3 Å². The molecule has 0 aliphatic carbocycles. The number of ether oxygens (including phenoxy) is 1. The van der Waals surface area contributed by atoms with Crippen LogP contribution in [0.15, 0.2) is 42.1 Å². The number of oxime groups is 1. The monoisotopic (exact) mass is 412 g/mol. The van der Waals surface area contributed by atoms with Gasteiger partial charge in [-0.05, 0) is 29.7 Å². The summed E-state index contributed by atoms with van der Waals surface area (Å²) in [7, 11) is 0. The average Bonchev–Trinajstić information content (AvgIpc) is 3.30. The van der Waals surface area contributed by atoms with Crippen LogP contribution < -0.4 is 4.74 Å². The third-order valence-electron chi connectivity index (χ3n) is 4.93. The van der Waals surface area contributed by atoms with E-state index < -0.39 is 28.9 Å². The molecule has 2 atom stereocenters. The normalized spacial score (nSPS) is 19.4. The topological polar surface area (TPSA) is 81.8 Å². The third kappa shape index (κ3) is 4.69. The van der Waals surface area contributed by atoms with Crippen LogP contribution in [0.2, 0.25) is 0 Å². The summed E-state index contributed by atoms with van der Waals surface area (Å²) in [6, 6.07) is 4.44. The number of hydrogen-bond acceptors (Lipinski definition) is 6. The molecule has 1 aliphatic heterocycles. The fourth-order valence-electron chi connectivity index (χ4n) is 3.00.